The molecule has 1 aromatic carbocycles. The lowest BCUT2D eigenvalue weighted by Crippen LogP contribution is -2.48. The quantitative estimate of drug-likeness (QED) is 0.727. The molecule has 2 aliphatic rings. The second-order valence-corrected chi connectivity index (χ2v) is 9.32. The Hall–Kier alpha value is -2.46. The molecule has 3 unspecified atom stereocenters. The number of para-hydroxylation sites is 1. The maximum absolute atomic E-state index is 12.8. The van der Waals surface area contributed by atoms with E-state index in [-0.39, 0.29) is 30.3 Å². The van der Waals surface area contributed by atoms with Crippen LogP contribution < -0.4 is 5.32 Å². The molecule has 1 aromatic heterocycles. The number of hydrogen-bond donors (Lipinski definition) is 1. The van der Waals surface area contributed by atoms with E-state index in [0.29, 0.717) is 0 Å². The molecule has 0 bridgehead atoms. The number of benzene rings is 1. The summed E-state index contributed by atoms with van der Waals surface area (Å²) in [6.45, 7) is 1.39. The lowest BCUT2D eigenvalue weighted by atomic mass is 9.79. The molecule has 2 saturated carbocycles. The van der Waals surface area contributed by atoms with Gasteiger partial charge in [0.25, 0.3) is 5.91 Å². The van der Waals surface area contributed by atoms with E-state index in [9.17, 15) is 14.9 Å². The van der Waals surface area contributed by atoms with Crippen LogP contribution in [0.2, 0.25) is 0 Å². The summed E-state index contributed by atoms with van der Waals surface area (Å²) in [6, 6.07) is 10.2. The number of rotatable bonds is 6. The third-order valence-corrected chi connectivity index (χ3v) is 7.24. The molecule has 152 valence electrons. The van der Waals surface area contributed by atoms with Gasteiger partial charge in [0.1, 0.15) is 5.54 Å². The van der Waals surface area contributed by atoms with E-state index in [2.05, 4.69) is 11.4 Å². The van der Waals surface area contributed by atoms with Crippen molar-refractivity contribution < 1.29 is 14.3 Å². The van der Waals surface area contributed by atoms with Crippen molar-refractivity contribution in [2.24, 2.45) is 11.8 Å². The fraction of sp³-hybridized carbons (Fsp3) is 0.545. The van der Waals surface area contributed by atoms with Gasteiger partial charge in [-0.05, 0) is 50.7 Å². The lowest BCUT2D eigenvalue weighted by Gasteiger charge is -2.28. The van der Waals surface area contributed by atoms with Crippen molar-refractivity contribution in [1.82, 2.24) is 10.3 Å². The van der Waals surface area contributed by atoms with E-state index in [1.807, 2.05) is 24.3 Å². The number of aromatic nitrogens is 1. The average molecular weight is 412 g/mol. The summed E-state index contributed by atoms with van der Waals surface area (Å²) < 4.78 is 6.50. The Bertz CT molecular complexity index is 929. The minimum atomic E-state index is -0.877. The van der Waals surface area contributed by atoms with Crippen LogP contribution in [-0.4, -0.2) is 29.0 Å². The van der Waals surface area contributed by atoms with Crippen LogP contribution in [0.15, 0.2) is 24.3 Å². The van der Waals surface area contributed by atoms with Crippen LogP contribution in [0.25, 0.3) is 10.2 Å². The van der Waals surface area contributed by atoms with Gasteiger partial charge >= 0.3 is 5.97 Å². The van der Waals surface area contributed by atoms with Crippen LogP contribution in [0.4, 0.5) is 0 Å². The van der Waals surface area contributed by atoms with Gasteiger partial charge < -0.3 is 10.1 Å². The van der Waals surface area contributed by atoms with E-state index >= 15 is 0 Å². The molecule has 2 fully saturated rings. The van der Waals surface area contributed by atoms with Gasteiger partial charge in [0, 0.05) is 5.92 Å². The number of nitrogens with one attached hydrogen (secondary N) is 1. The summed E-state index contributed by atoms with van der Waals surface area (Å²) >= 11 is 1.64. The van der Waals surface area contributed by atoms with Gasteiger partial charge in [-0.25, -0.2) is 4.98 Å². The fourth-order valence-electron chi connectivity index (χ4n) is 4.21. The zero-order chi connectivity index (χ0) is 20.4. The van der Waals surface area contributed by atoms with Gasteiger partial charge in [0.05, 0.1) is 27.2 Å². The first kappa shape index (κ1) is 19.8. The number of thiazole rings is 1. The van der Waals surface area contributed by atoms with Gasteiger partial charge in [0.2, 0.25) is 0 Å². The smallest absolute Gasteiger partial charge is 0.310 e. The molecule has 3 atom stereocenters. The summed E-state index contributed by atoms with van der Waals surface area (Å²) in [5.41, 5.74) is 0.0816. The molecule has 6 nitrogen and oxygen atoms in total. The van der Waals surface area contributed by atoms with Crippen LogP contribution >= 0.6 is 11.3 Å². The normalized spacial score (nSPS) is 23.7. The van der Waals surface area contributed by atoms with Gasteiger partial charge in [-0.15, -0.1) is 11.3 Å². The van der Waals surface area contributed by atoms with Gasteiger partial charge in [-0.1, -0.05) is 25.0 Å². The zero-order valence-corrected chi connectivity index (χ0v) is 17.3. The third-order valence-electron chi connectivity index (χ3n) is 6.07. The molecule has 0 radical (unpaired) electrons. The molecule has 29 heavy (non-hydrogen) atoms. The molecule has 2 aliphatic carbocycles. The van der Waals surface area contributed by atoms with Crippen LogP contribution in [-0.2, 0) is 14.3 Å². The molecule has 4 rings (SSSR count). The molecule has 0 saturated heterocycles. The Labute approximate surface area is 174 Å². The number of amides is 1. The summed E-state index contributed by atoms with van der Waals surface area (Å²) in [7, 11) is 0. The van der Waals surface area contributed by atoms with Crippen molar-refractivity contribution in [3.8, 4) is 6.07 Å². The molecule has 1 amide bonds. The molecule has 2 aromatic rings. The van der Waals surface area contributed by atoms with E-state index in [1.165, 1.54) is 0 Å². The molecule has 0 aliphatic heterocycles. The first-order chi connectivity index (χ1) is 14.0. The summed E-state index contributed by atoms with van der Waals surface area (Å²) in [4.78, 5) is 29.8. The Balaban J connectivity index is 1.40. The highest BCUT2D eigenvalue weighted by Gasteiger charge is 2.43. The van der Waals surface area contributed by atoms with E-state index in [4.69, 9.17) is 9.72 Å². The standard InChI is InChI=1S/C22H25N3O3S/c1-22(13-23,14-10-11-14)25-19(26)12-28-21(27)16-7-3-2-6-15(16)20-24-17-8-4-5-9-18(17)29-20/h4-5,8-9,14-16H,2-3,6-7,10-12H2,1H3,(H,25,26). The zero-order valence-electron chi connectivity index (χ0n) is 16.5. The average Bonchev–Trinajstić information content (AvgIpc) is 3.51. The number of fused-ring (bicyclic) bond motifs is 1. The van der Waals surface area contributed by atoms with Crippen molar-refractivity contribution in [2.75, 3.05) is 6.61 Å². The maximum atomic E-state index is 12.8. The molecule has 7 heteroatoms. The number of nitrogens with zero attached hydrogens (tertiary/aromatic N) is 2. The first-order valence-corrected chi connectivity index (χ1v) is 11.1. The Morgan fingerprint density at radius 2 is 2.03 bits per heavy atom. The second-order valence-electron chi connectivity index (χ2n) is 8.26. The predicted octanol–water partition coefficient (Wildman–Crippen LogP) is 3.92. The molecular weight excluding hydrogens is 386 g/mol. The van der Waals surface area contributed by atoms with Crippen LogP contribution in [0.5, 0.6) is 0 Å². The summed E-state index contributed by atoms with van der Waals surface area (Å²) in [5.74, 6) is -0.805. The molecule has 0 spiro atoms. The maximum Gasteiger partial charge on any atom is 0.310 e. The third kappa shape index (κ3) is 4.27. The number of carbonyl (C=O) groups excluding carboxylic acids is 2. The number of ether oxygens (including phenoxy) is 1. The Kier molecular flexibility index (Phi) is 5.55. The topological polar surface area (TPSA) is 92.1 Å². The molecule has 1 N–H and O–H groups in total. The van der Waals surface area contributed by atoms with Crippen molar-refractivity contribution >= 4 is 33.4 Å². The van der Waals surface area contributed by atoms with Gasteiger partial charge in [0.15, 0.2) is 6.61 Å². The first-order valence-electron chi connectivity index (χ1n) is 10.2. The van der Waals surface area contributed by atoms with E-state index < -0.39 is 11.4 Å². The van der Waals surface area contributed by atoms with E-state index in [1.54, 1.807) is 18.3 Å². The number of carbonyl (C=O) groups is 2. The second kappa shape index (κ2) is 8.11. The monoisotopic (exact) mass is 411 g/mol. The van der Waals surface area contributed by atoms with Crippen LogP contribution in [0.1, 0.15) is 56.4 Å². The summed E-state index contributed by atoms with van der Waals surface area (Å²) in [6.07, 6.45) is 5.57. The number of esters is 1. The lowest BCUT2D eigenvalue weighted by molar-refractivity contribution is -0.154. The fourth-order valence-corrected chi connectivity index (χ4v) is 5.38. The summed E-state index contributed by atoms with van der Waals surface area (Å²) in [5, 5.41) is 13.1. The predicted molar refractivity (Wildman–Crippen MR) is 110 cm³/mol. The van der Waals surface area contributed by atoms with Gasteiger partial charge in [-0.3, -0.25) is 9.59 Å². The minimum Gasteiger partial charge on any atom is -0.455 e. The highest BCUT2D eigenvalue weighted by atomic mass is 32.1. The molecular formula is C22H25N3O3S. The Morgan fingerprint density at radius 1 is 1.28 bits per heavy atom. The number of nitriles is 1. The van der Waals surface area contributed by atoms with Crippen molar-refractivity contribution in [2.45, 2.75) is 56.9 Å². The van der Waals surface area contributed by atoms with Crippen molar-refractivity contribution in [3.05, 3.63) is 29.3 Å². The van der Waals surface area contributed by atoms with Crippen molar-refractivity contribution in [3.63, 3.8) is 0 Å². The van der Waals surface area contributed by atoms with Crippen molar-refractivity contribution in [1.29, 1.82) is 5.26 Å². The Morgan fingerprint density at radius 3 is 2.76 bits per heavy atom. The largest absolute Gasteiger partial charge is 0.455 e. The number of hydrogen-bond acceptors (Lipinski definition) is 6. The van der Waals surface area contributed by atoms with Crippen LogP contribution in [0.3, 0.4) is 0 Å². The minimum absolute atomic E-state index is 0.0348. The SMILES string of the molecule is CC(C#N)(NC(=O)COC(=O)C1CCCCC1c1nc2ccccc2s1)C1CC1. The van der Waals surface area contributed by atoms with Crippen LogP contribution in [0, 0.1) is 23.2 Å². The van der Waals surface area contributed by atoms with E-state index in [0.717, 1.165) is 53.7 Å². The highest BCUT2D eigenvalue weighted by Crippen LogP contribution is 2.41. The highest BCUT2D eigenvalue weighted by molar-refractivity contribution is 7.18. The molecule has 1 heterocycles. The van der Waals surface area contributed by atoms with Gasteiger partial charge in [-0.2, -0.15) is 5.26 Å².